The van der Waals surface area contributed by atoms with Crippen LogP contribution in [0.4, 0.5) is 10.1 Å². The van der Waals surface area contributed by atoms with Crippen LogP contribution in [-0.4, -0.2) is 29.6 Å². The number of para-hydroxylation sites is 1. The Labute approximate surface area is 117 Å². The number of nitrogens with one attached hydrogen (secondary N) is 2. The minimum atomic E-state index is -1.28. The van der Waals surface area contributed by atoms with Crippen LogP contribution in [0.15, 0.2) is 18.2 Å². The summed E-state index contributed by atoms with van der Waals surface area (Å²) in [5.74, 6) is -2.43. The number of aromatic carboxylic acids is 1. The molecule has 0 aliphatic carbocycles. The molecule has 0 heterocycles. The molecular weight excluding hydrogens is 263 g/mol. The molecule has 0 aliphatic rings. The van der Waals surface area contributed by atoms with E-state index < -0.39 is 17.7 Å². The molecule has 0 atom stereocenters. The van der Waals surface area contributed by atoms with Gasteiger partial charge in [-0.1, -0.05) is 19.9 Å². The van der Waals surface area contributed by atoms with E-state index in [1.165, 1.54) is 12.1 Å². The predicted octanol–water partition coefficient (Wildman–Crippen LogP) is 2.24. The summed E-state index contributed by atoms with van der Waals surface area (Å²) in [7, 11) is 0. The van der Waals surface area contributed by atoms with Crippen molar-refractivity contribution < 1.29 is 19.1 Å². The number of carboxylic acid groups (broad SMARTS) is 1. The normalized spacial score (nSPS) is 10.6. The molecule has 0 fully saturated rings. The van der Waals surface area contributed by atoms with Gasteiger partial charge in [0, 0.05) is 12.5 Å². The summed E-state index contributed by atoms with van der Waals surface area (Å²) in [6.45, 7) is 4.67. The van der Waals surface area contributed by atoms with Crippen LogP contribution in [0.25, 0.3) is 0 Å². The zero-order valence-corrected chi connectivity index (χ0v) is 11.6. The fraction of sp³-hybridized carbons (Fsp3) is 0.429. The molecule has 3 N–H and O–H groups in total. The number of benzene rings is 1. The van der Waals surface area contributed by atoms with Crippen molar-refractivity contribution in [2.75, 3.05) is 11.9 Å². The Morgan fingerprint density at radius 2 is 2.05 bits per heavy atom. The molecular formula is C14H19FN2O3. The second-order valence-corrected chi connectivity index (χ2v) is 4.73. The zero-order valence-electron chi connectivity index (χ0n) is 11.6. The van der Waals surface area contributed by atoms with Gasteiger partial charge < -0.3 is 15.7 Å². The van der Waals surface area contributed by atoms with E-state index in [1.807, 2.05) is 13.8 Å². The Morgan fingerprint density at radius 3 is 2.65 bits per heavy atom. The van der Waals surface area contributed by atoms with Gasteiger partial charge in [0.2, 0.25) is 5.91 Å². The maximum absolute atomic E-state index is 13.6. The molecule has 0 radical (unpaired) electrons. The highest BCUT2D eigenvalue weighted by molar-refractivity contribution is 6.00. The number of anilines is 1. The SMILES string of the molecule is CC(C)NCCCC(=O)Nc1c(F)cccc1C(=O)O. The van der Waals surface area contributed by atoms with Gasteiger partial charge in [-0.3, -0.25) is 4.79 Å². The Bertz CT molecular complexity index is 489. The van der Waals surface area contributed by atoms with E-state index in [1.54, 1.807) is 0 Å². The van der Waals surface area contributed by atoms with Crippen molar-refractivity contribution >= 4 is 17.6 Å². The van der Waals surface area contributed by atoms with Crippen molar-refractivity contribution in [2.45, 2.75) is 32.7 Å². The van der Waals surface area contributed by atoms with Crippen LogP contribution < -0.4 is 10.6 Å². The largest absolute Gasteiger partial charge is 0.478 e. The summed E-state index contributed by atoms with van der Waals surface area (Å²) in [4.78, 5) is 22.6. The lowest BCUT2D eigenvalue weighted by Crippen LogP contribution is -2.25. The molecule has 1 aromatic rings. The first-order chi connectivity index (χ1) is 9.41. The lowest BCUT2D eigenvalue weighted by atomic mass is 10.1. The molecule has 6 heteroatoms. The van der Waals surface area contributed by atoms with Crippen molar-refractivity contribution in [3.05, 3.63) is 29.6 Å². The van der Waals surface area contributed by atoms with Gasteiger partial charge in [-0.2, -0.15) is 0 Å². The van der Waals surface area contributed by atoms with Gasteiger partial charge in [0.05, 0.1) is 11.3 Å². The summed E-state index contributed by atoms with van der Waals surface area (Å²) in [5.41, 5.74) is -0.527. The first kappa shape index (κ1) is 16.1. The van der Waals surface area contributed by atoms with E-state index in [9.17, 15) is 14.0 Å². The van der Waals surface area contributed by atoms with Crippen molar-refractivity contribution in [3.63, 3.8) is 0 Å². The zero-order chi connectivity index (χ0) is 15.1. The van der Waals surface area contributed by atoms with Gasteiger partial charge in [-0.05, 0) is 25.1 Å². The fourth-order valence-corrected chi connectivity index (χ4v) is 1.67. The van der Waals surface area contributed by atoms with Gasteiger partial charge in [0.1, 0.15) is 5.82 Å². The Balaban J connectivity index is 2.60. The maximum Gasteiger partial charge on any atom is 0.337 e. The van der Waals surface area contributed by atoms with Crippen molar-refractivity contribution in [3.8, 4) is 0 Å². The Morgan fingerprint density at radius 1 is 1.35 bits per heavy atom. The molecule has 0 bridgehead atoms. The number of hydrogen-bond donors (Lipinski definition) is 3. The van der Waals surface area contributed by atoms with Crippen LogP contribution in [-0.2, 0) is 4.79 Å². The second-order valence-electron chi connectivity index (χ2n) is 4.73. The topological polar surface area (TPSA) is 78.4 Å². The van der Waals surface area contributed by atoms with Gasteiger partial charge in [-0.25, -0.2) is 9.18 Å². The quantitative estimate of drug-likeness (QED) is 0.670. The summed E-state index contributed by atoms with van der Waals surface area (Å²) in [6, 6.07) is 3.99. The molecule has 0 saturated heterocycles. The lowest BCUT2D eigenvalue weighted by molar-refractivity contribution is -0.116. The molecule has 0 aliphatic heterocycles. The first-order valence-electron chi connectivity index (χ1n) is 6.47. The van der Waals surface area contributed by atoms with E-state index >= 15 is 0 Å². The minimum absolute atomic E-state index is 0.202. The fourth-order valence-electron chi connectivity index (χ4n) is 1.67. The third-order valence-electron chi connectivity index (χ3n) is 2.64. The summed E-state index contributed by atoms with van der Waals surface area (Å²) >= 11 is 0. The summed E-state index contributed by atoms with van der Waals surface area (Å²) in [6.07, 6.45) is 0.800. The van der Waals surface area contributed by atoms with Crippen molar-refractivity contribution in [2.24, 2.45) is 0 Å². The summed E-state index contributed by atoms with van der Waals surface area (Å²) in [5, 5.41) is 14.4. The number of hydrogen-bond acceptors (Lipinski definition) is 3. The standard InChI is InChI=1S/C14H19FN2O3/c1-9(2)16-8-4-7-12(18)17-13-10(14(19)20)5-3-6-11(13)15/h3,5-6,9,16H,4,7-8H2,1-2H3,(H,17,18)(H,19,20). The van der Waals surface area contributed by atoms with Crippen LogP contribution in [0.3, 0.4) is 0 Å². The molecule has 110 valence electrons. The molecule has 5 nitrogen and oxygen atoms in total. The third-order valence-corrected chi connectivity index (χ3v) is 2.64. The van der Waals surface area contributed by atoms with Crippen LogP contribution in [0.2, 0.25) is 0 Å². The minimum Gasteiger partial charge on any atom is -0.478 e. The van der Waals surface area contributed by atoms with Gasteiger partial charge >= 0.3 is 5.97 Å². The van der Waals surface area contributed by atoms with E-state index in [4.69, 9.17) is 5.11 Å². The molecule has 1 aromatic carbocycles. The smallest absolute Gasteiger partial charge is 0.337 e. The number of rotatable bonds is 7. The molecule has 1 amide bonds. The maximum atomic E-state index is 13.6. The highest BCUT2D eigenvalue weighted by atomic mass is 19.1. The predicted molar refractivity (Wildman–Crippen MR) is 74.4 cm³/mol. The number of carboxylic acids is 1. The molecule has 0 unspecified atom stereocenters. The van der Waals surface area contributed by atoms with E-state index in [-0.39, 0.29) is 17.7 Å². The van der Waals surface area contributed by atoms with Crippen LogP contribution in [0, 0.1) is 5.82 Å². The van der Waals surface area contributed by atoms with Gasteiger partial charge in [-0.15, -0.1) is 0 Å². The van der Waals surface area contributed by atoms with Crippen LogP contribution in [0.5, 0.6) is 0 Å². The highest BCUT2D eigenvalue weighted by Crippen LogP contribution is 2.20. The molecule has 0 aromatic heterocycles. The molecule has 0 saturated carbocycles. The average Bonchev–Trinajstić information content (AvgIpc) is 2.36. The number of carbonyl (C=O) groups excluding carboxylic acids is 1. The number of carbonyl (C=O) groups is 2. The molecule has 1 rings (SSSR count). The first-order valence-corrected chi connectivity index (χ1v) is 6.47. The highest BCUT2D eigenvalue weighted by Gasteiger charge is 2.16. The Kier molecular flexibility index (Phi) is 6.11. The van der Waals surface area contributed by atoms with E-state index in [2.05, 4.69) is 10.6 Å². The summed E-state index contributed by atoms with van der Waals surface area (Å²) < 4.78 is 13.6. The molecule has 0 spiro atoms. The lowest BCUT2D eigenvalue weighted by Gasteiger charge is -2.10. The average molecular weight is 282 g/mol. The van der Waals surface area contributed by atoms with Crippen LogP contribution in [0.1, 0.15) is 37.0 Å². The second kappa shape index (κ2) is 7.59. The monoisotopic (exact) mass is 282 g/mol. The number of halogens is 1. The van der Waals surface area contributed by atoms with Crippen LogP contribution >= 0.6 is 0 Å². The van der Waals surface area contributed by atoms with Gasteiger partial charge in [0.25, 0.3) is 0 Å². The van der Waals surface area contributed by atoms with E-state index in [0.29, 0.717) is 19.0 Å². The van der Waals surface area contributed by atoms with Crippen molar-refractivity contribution in [1.29, 1.82) is 0 Å². The molecule has 20 heavy (non-hydrogen) atoms. The number of amides is 1. The Hall–Kier alpha value is -1.95. The van der Waals surface area contributed by atoms with E-state index in [0.717, 1.165) is 6.07 Å². The van der Waals surface area contributed by atoms with Gasteiger partial charge in [0.15, 0.2) is 0 Å². The van der Waals surface area contributed by atoms with Crippen molar-refractivity contribution in [1.82, 2.24) is 5.32 Å². The third kappa shape index (κ3) is 4.97.